The summed E-state index contributed by atoms with van der Waals surface area (Å²) in [6, 6.07) is 7.52. The van der Waals surface area contributed by atoms with Crippen molar-refractivity contribution in [3.05, 3.63) is 24.3 Å². The van der Waals surface area contributed by atoms with Gasteiger partial charge in [-0.1, -0.05) is 12.1 Å². The highest BCUT2D eigenvalue weighted by Gasteiger charge is 2.25. The first-order valence-corrected chi connectivity index (χ1v) is 8.62. The van der Waals surface area contributed by atoms with Crippen LogP contribution in [-0.4, -0.2) is 56.1 Å². The fraction of sp³-hybridized carbons (Fsp3) is 0.556. The highest BCUT2D eigenvalue weighted by Crippen LogP contribution is 2.29. The van der Waals surface area contributed by atoms with Gasteiger partial charge in [-0.15, -0.1) is 0 Å². The Hall–Kier alpha value is -1.92. The molecule has 1 aromatic rings. The largest absolute Gasteiger partial charge is 0.381 e. The van der Waals surface area contributed by atoms with Crippen LogP contribution in [0.4, 0.5) is 11.4 Å². The van der Waals surface area contributed by atoms with Crippen LogP contribution in [0.5, 0.6) is 0 Å². The van der Waals surface area contributed by atoms with Crippen molar-refractivity contribution in [2.24, 2.45) is 0 Å². The van der Waals surface area contributed by atoms with Crippen molar-refractivity contribution < 1.29 is 14.3 Å². The smallest absolute Gasteiger partial charge is 0.238 e. The lowest BCUT2D eigenvalue weighted by molar-refractivity contribution is -0.118. The number of hydrogen-bond donors (Lipinski definition) is 1. The van der Waals surface area contributed by atoms with E-state index < -0.39 is 0 Å². The lowest BCUT2D eigenvalue weighted by atomic mass is 10.1. The molecule has 2 aliphatic heterocycles. The minimum absolute atomic E-state index is 0.0371. The van der Waals surface area contributed by atoms with E-state index in [1.807, 2.05) is 24.3 Å². The zero-order valence-corrected chi connectivity index (χ0v) is 14.2. The SMILES string of the molecule is COC1CCN(CC(=O)Nc2ccccc2N2CCCC2=O)CC1. The molecule has 2 aliphatic rings. The van der Waals surface area contributed by atoms with Gasteiger partial charge in [-0.2, -0.15) is 0 Å². The number of likely N-dealkylation sites (tertiary alicyclic amines) is 1. The van der Waals surface area contributed by atoms with Crippen molar-refractivity contribution in [3.63, 3.8) is 0 Å². The summed E-state index contributed by atoms with van der Waals surface area (Å²) in [7, 11) is 1.74. The number of methoxy groups -OCH3 is 1. The van der Waals surface area contributed by atoms with Gasteiger partial charge >= 0.3 is 0 Å². The fourth-order valence-electron chi connectivity index (χ4n) is 3.41. The highest BCUT2D eigenvalue weighted by molar-refractivity contribution is 6.02. The van der Waals surface area contributed by atoms with Crippen LogP contribution in [0.3, 0.4) is 0 Å². The summed E-state index contributed by atoms with van der Waals surface area (Å²) in [5, 5.41) is 2.97. The van der Waals surface area contributed by atoms with E-state index >= 15 is 0 Å². The van der Waals surface area contributed by atoms with E-state index in [0.717, 1.165) is 44.6 Å². The first-order valence-electron chi connectivity index (χ1n) is 8.62. The third-order valence-corrected chi connectivity index (χ3v) is 4.78. The standard InChI is InChI=1S/C18H25N3O3/c1-24-14-8-11-20(12-9-14)13-17(22)19-15-5-2-3-6-16(15)21-10-4-7-18(21)23/h2-3,5-6,14H,4,7-13H2,1H3,(H,19,22). The number of nitrogens with one attached hydrogen (secondary N) is 1. The van der Waals surface area contributed by atoms with E-state index in [1.165, 1.54) is 0 Å². The number of nitrogens with zero attached hydrogens (tertiary/aromatic N) is 2. The molecule has 24 heavy (non-hydrogen) atoms. The average molecular weight is 331 g/mol. The van der Waals surface area contributed by atoms with Gasteiger partial charge in [-0.05, 0) is 31.4 Å². The predicted octanol–water partition coefficient (Wildman–Crippen LogP) is 1.86. The monoisotopic (exact) mass is 331 g/mol. The van der Waals surface area contributed by atoms with Crippen molar-refractivity contribution in [2.75, 3.05) is 43.5 Å². The third-order valence-electron chi connectivity index (χ3n) is 4.78. The summed E-state index contributed by atoms with van der Waals surface area (Å²) >= 11 is 0. The summed E-state index contributed by atoms with van der Waals surface area (Å²) in [4.78, 5) is 28.3. The topological polar surface area (TPSA) is 61.9 Å². The molecule has 2 amide bonds. The molecule has 130 valence electrons. The molecular formula is C18H25N3O3. The molecule has 2 heterocycles. The van der Waals surface area contributed by atoms with Gasteiger partial charge in [0.1, 0.15) is 0 Å². The number of carbonyl (C=O) groups is 2. The Labute approximate surface area is 142 Å². The molecule has 0 spiro atoms. The Morgan fingerprint density at radius 2 is 2.00 bits per heavy atom. The van der Waals surface area contributed by atoms with Crippen LogP contribution in [0.2, 0.25) is 0 Å². The maximum Gasteiger partial charge on any atom is 0.238 e. The molecule has 0 aliphatic carbocycles. The van der Waals surface area contributed by atoms with E-state index in [2.05, 4.69) is 10.2 Å². The van der Waals surface area contributed by atoms with Crippen LogP contribution >= 0.6 is 0 Å². The summed E-state index contributed by atoms with van der Waals surface area (Å²) in [5.74, 6) is 0.0864. The van der Waals surface area contributed by atoms with Gasteiger partial charge in [0.2, 0.25) is 11.8 Å². The Bertz CT molecular complexity index is 597. The zero-order chi connectivity index (χ0) is 16.9. The molecule has 0 unspecified atom stereocenters. The van der Waals surface area contributed by atoms with Gasteiger partial charge < -0.3 is 15.0 Å². The highest BCUT2D eigenvalue weighted by atomic mass is 16.5. The summed E-state index contributed by atoms with van der Waals surface area (Å²) < 4.78 is 5.36. The molecule has 0 atom stereocenters. The Morgan fingerprint density at radius 3 is 2.67 bits per heavy atom. The Balaban J connectivity index is 1.60. The second-order valence-electron chi connectivity index (χ2n) is 6.43. The fourth-order valence-corrected chi connectivity index (χ4v) is 3.41. The summed E-state index contributed by atoms with van der Waals surface area (Å²) in [5.41, 5.74) is 1.51. The Morgan fingerprint density at radius 1 is 1.25 bits per heavy atom. The molecule has 6 nitrogen and oxygen atoms in total. The quantitative estimate of drug-likeness (QED) is 0.895. The summed E-state index contributed by atoms with van der Waals surface area (Å²) in [6.45, 7) is 2.84. The number of piperidine rings is 1. The number of anilines is 2. The van der Waals surface area contributed by atoms with Crippen molar-refractivity contribution in [1.82, 2.24) is 4.90 Å². The third kappa shape index (κ3) is 3.94. The second-order valence-corrected chi connectivity index (χ2v) is 6.43. The number of hydrogen-bond acceptors (Lipinski definition) is 4. The van der Waals surface area contributed by atoms with Gasteiger partial charge in [0, 0.05) is 33.2 Å². The molecule has 2 saturated heterocycles. The van der Waals surface area contributed by atoms with E-state index in [0.29, 0.717) is 24.8 Å². The van der Waals surface area contributed by atoms with Crippen molar-refractivity contribution >= 4 is 23.2 Å². The lowest BCUT2D eigenvalue weighted by Gasteiger charge is -2.30. The molecule has 2 fully saturated rings. The van der Waals surface area contributed by atoms with Crippen LogP contribution in [0, 0.1) is 0 Å². The number of rotatable bonds is 5. The number of ether oxygens (including phenoxy) is 1. The van der Waals surface area contributed by atoms with E-state index in [4.69, 9.17) is 4.74 Å². The maximum absolute atomic E-state index is 12.4. The van der Waals surface area contributed by atoms with Crippen molar-refractivity contribution in [2.45, 2.75) is 31.8 Å². The van der Waals surface area contributed by atoms with Crippen LogP contribution in [0.25, 0.3) is 0 Å². The van der Waals surface area contributed by atoms with Gasteiger partial charge in [-0.25, -0.2) is 0 Å². The predicted molar refractivity (Wildman–Crippen MR) is 93.1 cm³/mol. The molecular weight excluding hydrogens is 306 g/mol. The van der Waals surface area contributed by atoms with Crippen molar-refractivity contribution in [1.29, 1.82) is 0 Å². The van der Waals surface area contributed by atoms with Crippen LogP contribution < -0.4 is 10.2 Å². The molecule has 1 N–H and O–H groups in total. The lowest BCUT2D eigenvalue weighted by Crippen LogP contribution is -2.41. The number of carbonyl (C=O) groups excluding carboxylic acids is 2. The molecule has 1 aromatic carbocycles. The molecule has 0 aromatic heterocycles. The number of benzene rings is 1. The van der Waals surface area contributed by atoms with Crippen LogP contribution in [-0.2, 0) is 14.3 Å². The molecule has 0 radical (unpaired) electrons. The van der Waals surface area contributed by atoms with Gasteiger partial charge in [-0.3, -0.25) is 14.5 Å². The van der Waals surface area contributed by atoms with Crippen molar-refractivity contribution in [3.8, 4) is 0 Å². The van der Waals surface area contributed by atoms with E-state index in [-0.39, 0.29) is 11.8 Å². The number of amides is 2. The number of para-hydroxylation sites is 2. The van der Waals surface area contributed by atoms with Gasteiger partial charge in [0.25, 0.3) is 0 Å². The molecule has 0 bridgehead atoms. The first-order chi connectivity index (χ1) is 11.7. The first kappa shape index (κ1) is 16.9. The second kappa shape index (κ2) is 7.77. The van der Waals surface area contributed by atoms with Crippen LogP contribution in [0.1, 0.15) is 25.7 Å². The maximum atomic E-state index is 12.4. The minimum Gasteiger partial charge on any atom is -0.381 e. The Kier molecular flexibility index (Phi) is 5.48. The molecule has 3 rings (SSSR count). The van der Waals surface area contributed by atoms with Gasteiger partial charge in [0.15, 0.2) is 0 Å². The normalized spacial score (nSPS) is 19.7. The van der Waals surface area contributed by atoms with E-state index in [9.17, 15) is 9.59 Å². The molecule has 0 saturated carbocycles. The zero-order valence-electron chi connectivity index (χ0n) is 14.2. The van der Waals surface area contributed by atoms with Gasteiger partial charge in [0.05, 0.1) is 24.0 Å². The summed E-state index contributed by atoms with van der Waals surface area (Å²) in [6.07, 6.45) is 3.68. The minimum atomic E-state index is -0.0371. The van der Waals surface area contributed by atoms with E-state index in [1.54, 1.807) is 12.0 Å². The average Bonchev–Trinajstić information content (AvgIpc) is 3.02. The molecule has 6 heteroatoms. The van der Waals surface area contributed by atoms with Crippen LogP contribution in [0.15, 0.2) is 24.3 Å².